The van der Waals surface area contributed by atoms with Crippen molar-refractivity contribution < 1.29 is 13.2 Å². The first-order chi connectivity index (χ1) is 11.6. The van der Waals surface area contributed by atoms with Crippen LogP contribution in [0.3, 0.4) is 0 Å². The Bertz CT molecular complexity index is 930. The molecule has 126 valence electrons. The third-order valence-electron chi connectivity index (χ3n) is 3.18. The molecule has 0 amide bonds. The van der Waals surface area contributed by atoms with Crippen LogP contribution in [0.2, 0.25) is 0 Å². The van der Waals surface area contributed by atoms with Gasteiger partial charge in [-0.2, -0.15) is 18.6 Å². The summed E-state index contributed by atoms with van der Waals surface area (Å²) >= 11 is 1.97. The zero-order valence-electron chi connectivity index (χ0n) is 12.6. The molecule has 0 saturated carbocycles. The standard InChI is InChI=1S/C15H13F2N3O2S2/c1-2-11-5-12-13(24-11)18-8-20(14(12)21)19-6-9-3-4-10(22-9)7-23-15(16)17/h3-6,8,15H,2,7H2,1H3/b19-6-. The van der Waals surface area contributed by atoms with E-state index in [9.17, 15) is 13.6 Å². The fourth-order valence-electron chi connectivity index (χ4n) is 2.03. The van der Waals surface area contributed by atoms with Crippen molar-refractivity contribution in [3.05, 3.63) is 51.3 Å². The van der Waals surface area contributed by atoms with Crippen LogP contribution in [0.15, 0.2) is 38.8 Å². The van der Waals surface area contributed by atoms with Gasteiger partial charge in [0.15, 0.2) is 0 Å². The molecule has 3 aromatic heterocycles. The van der Waals surface area contributed by atoms with Crippen molar-refractivity contribution in [1.29, 1.82) is 0 Å². The van der Waals surface area contributed by atoms with Gasteiger partial charge >= 0.3 is 0 Å². The largest absolute Gasteiger partial charge is 0.459 e. The molecule has 0 N–H and O–H groups in total. The number of nitrogens with zero attached hydrogens (tertiary/aromatic N) is 3. The second-order valence-electron chi connectivity index (χ2n) is 4.80. The number of furan rings is 1. The average molecular weight is 369 g/mol. The first-order valence-electron chi connectivity index (χ1n) is 7.09. The monoisotopic (exact) mass is 369 g/mol. The molecule has 0 unspecified atom stereocenters. The number of aromatic nitrogens is 2. The minimum Gasteiger partial charge on any atom is -0.459 e. The van der Waals surface area contributed by atoms with Gasteiger partial charge in [-0.1, -0.05) is 18.7 Å². The highest BCUT2D eigenvalue weighted by Gasteiger charge is 2.09. The molecule has 0 radical (unpaired) electrons. The molecule has 0 atom stereocenters. The number of aryl methyl sites for hydroxylation is 1. The Labute approximate surface area is 144 Å². The van der Waals surface area contributed by atoms with Crippen LogP contribution in [0.25, 0.3) is 10.2 Å². The number of halogens is 2. The Morgan fingerprint density at radius 3 is 3.08 bits per heavy atom. The molecule has 0 aliphatic carbocycles. The number of hydrogen-bond donors (Lipinski definition) is 0. The van der Waals surface area contributed by atoms with Crippen molar-refractivity contribution in [1.82, 2.24) is 9.66 Å². The molecule has 0 aliphatic heterocycles. The molecule has 9 heteroatoms. The summed E-state index contributed by atoms with van der Waals surface area (Å²) in [5.74, 6) is -1.56. The van der Waals surface area contributed by atoms with Gasteiger partial charge in [-0.15, -0.1) is 11.3 Å². The molecular formula is C15H13F2N3O2S2. The van der Waals surface area contributed by atoms with Crippen LogP contribution in [0.4, 0.5) is 8.78 Å². The molecule has 5 nitrogen and oxygen atoms in total. The Morgan fingerprint density at radius 1 is 1.50 bits per heavy atom. The predicted octanol–water partition coefficient (Wildman–Crippen LogP) is 3.95. The lowest BCUT2D eigenvalue weighted by Gasteiger charge is -1.97. The molecule has 0 aliphatic rings. The summed E-state index contributed by atoms with van der Waals surface area (Å²) in [5, 5.41) is 4.57. The third kappa shape index (κ3) is 3.73. The van der Waals surface area contributed by atoms with Crippen molar-refractivity contribution in [2.75, 3.05) is 0 Å². The van der Waals surface area contributed by atoms with Gasteiger partial charge in [0, 0.05) is 4.88 Å². The summed E-state index contributed by atoms with van der Waals surface area (Å²) in [7, 11) is 0. The zero-order chi connectivity index (χ0) is 17.1. The minimum atomic E-state index is -2.44. The van der Waals surface area contributed by atoms with Gasteiger partial charge in [-0.25, -0.2) is 4.98 Å². The van der Waals surface area contributed by atoms with Crippen molar-refractivity contribution in [2.45, 2.75) is 24.9 Å². The van der Waals surface area contributed by atoms with E-state index in [0.717, 1.165) is 16.0 Å². The number of thiophene rings is 1. The first kappa shape index (κ1) is 16.8. The molecule has 0 spiro atoms. The van der Waals surface area contributed by atoms with E-state index >= 15 is 0 Å². The maximum atomic E-state index is 12.4. The van der Waals surface area contributed by atoms with E-state index in [1.807, 2.05) is 13.0 Å². The number of rotatable bonds is 6. The molecular weight excluding hydrogens is 356 g/mol. The van der Waals surface area contributed by atoms with E-state index in [2.05, 4.69) is 10.1 Å². The molecule has 24 heavy (non-hydrogen) atoms. The molecule has 3 heterocycles. The molecule has 0 aromatic carbocycles. The highest BCUT2D eigenvalue weighted by molar-refractivity contribution is 7.98. The summed E-state index contributed by atoms with van der Waals surface area (Å²) in [6.07, 6.45) is 3.56. The summed E-state index contributed by atoms with van der Waals surface area (Å²) in [4.78, 5) is 18.4. The second-order valence-corrected chi connectivity index (χ2v) is 6.89. The van der Waals surface area contributed by atoms with E-state index < -0.39 is 5.76 Å². The summed E-state index contributed by atoms with van der Waals surface area (Å²) in [6, 6.07) is 5.04. The van der Waals surface area contributed by atoms with E-state index in [4.69, 9.17) is 4.42 Å². The number of alkyl halides is 2. The van der Waals surface area contributed by atoms with E-state index in [-0.39, 0.29) is 11.3 Å². The first-order valence-corrected chi connectivity index (χ1v) is 8.96. The third-order valence-corrected chi connectivity index (χ3v) is 5.07. The summed E-state index contributed by atoms with van der Waals surface area (Å²) < 4.78 is 30.8. The van der Waals surface area contributed by atoms with Gasteiger partial charge in [0.2, 0.25) is 0 Å². The lowest BCUT2D eigenvalue weighted by molar-refractivity contribution is 0.251. The summed E-state index contributed by atoms with van der Waals surface area (Å²) in [5.41, 5.74) is -0.257. The fraction of sp³-hybridized carbons (Fsp3) is 0.267. The smallest absolute Gasteiger partial charge is 0.284 e. The van der Waals surface area contributed by atoms with E-state index in [1.54, 1.807) is 12.1 Å². The number of hydrogen-bond acceptors (Lipinski definition) is 6. The lowest BCUT2D eigenvalue weighted by Crippen LogP contribution is -2.16. The molecule has 0 saturated heterocycles. The van der Waals surface area contributed by atoms with Crippen LogP contribution in [0.1, 0.15) is 23.3 Å². The van der Waals surface area contributed by atoms with Gasteiger partial charge in [0.25, 0.3) is 11.3 Å². The Morgan fingerprint density at radius 2 is 2.33 bits per heavy atom. The van der Waals surface area contributed by atoms with Crippen LogP contribution < -0.4 is 5.56 Å². The maximum Gasteiger partial charge on any atom is 0.284 e. The molecule has 3 rings (SSSR count). The fourth-order valence-corrected chi connectivity index (χ4v) is 3.40. The Kier molecular flexibility index (Phi) is 5.10. The van der Waals surface area contributed by atoms with Gasteiger partial charge in [0.05, 0.1) is 17.4 Å². The van der Waals surface area contributed by atoms with Gasteiger partial charge in [0.1, 0.15) is 22.7 Å². The van der Waals surface area contributed by atoms with Crippen LogP contribution in [-0.2, 0) is 12.2 Å². The predicted molar refractivity (Wildman–Crippen MR) is 92.3 cm³/mol. The van der Waals surface area contributed by atoms with Crippen LogP contribution in [0, 0.1) is 0 Å². The number of fused-ring (bicyclic) bond motifs is 1. The Balaban J connectivity index is 1.80. The molecule has 0 fully saturated rings. The topological polar surface area (TPSA) is 60.4 Å². The van der Waals surface area contributed by atoms with E-state index in [0.29, 0.717) is 33.5 Å². The SMILES string of the molecule is CCc1cc2c(=O)n(/N=C\c3ccc(CSC(F)F)o3)cnc2s1. The normalized spacial score (nSPS) is 12.0. The van der Waals surface area contributed by atoms with Crippen LogP contribution in [0.5, 0.6) is 0 Å². The van der Waals surface area contributed by atoms with E-state index in [1.165, 1.54) is 23.9 Å². The van der Waals surface area contributed by atoms with Crippen molar-refractivity contribution in [3.8, 4) is 0 Å². The van der Waals surface area contributed by atoms with Crippen molar-refractivity contribution in [2.24, 2.45) is 5.10 Å². The highest BCUT2D eigenvalue weighted by Crippen LogP contribution is 2.22. The van der Waals surface area contributed by atoms with Gasteiger partial charge in [-0.3, -0.25) is 4.79 Å². The van der Waals surface area contributed by atoms with Gasteiger partial charge in [-0.05, 0) is 24.6 Å². The molecule has 3 aromatic rings. The summed E-state index contributed by atoms with van der Waals surface area (Å²) in [6.45, 7) is 2.02. The average Bonchev–Trinajstić information content (AvgIpc) is 3.19. The van der Waals surface area contributed by atoms with Crippen LogP contribution >= 0.6 is 23.1 Å². The van der Waals surface area contributed by atoms with Gasteiger partial charge < -0.3 is 4.42 Å². The van der Waals surface area contributed by atoms with Crippen molar-refractivity contribution >= 4 is 39.5 Å². The zero-order valence-corrected chi connectivity index (χ0v) is 14.2. The second kappa shape index (κ2) is 7.27. The van der Waals surface area contributed by atoms with Crippen LogP contribution in [-0.4, -0.2) is 21.6 Å². The highest BCUT2D eigenvalue weighted by atomic mass is 32.2. The quantitative estimate of drug-likeness (QED) is 0.617. The minimum absolute atomic E-state index is 0.0771. The molecule has 0 bridgehead atoms. The number of thioether (sulfide) groups is 1. The van der Waals surface area contributed by atoms with Crippen molar-refractivity contribution in [3.63, 3.8) is 0 Å². The maximum absolute atomic E-state index is 12.4. The lowest BCUT2D eigenvalue weighted by atomic mass is 10.3. The Hall–Kier alpha value is -2.00.